The summed E-state index contributed by atoms with van der Waals surface area (Å²) in [5.74, 6) is 0.118. The van der Waals surface area contributed by atoms with Crippen molar-refractivity contribution in [2.75, 3.05) is 24.5 Å². The second-order valence-electron chi connectivity index (χ2n) is 8.48. The number of benzene rings is 1. The Morgan fingerprint density at radius 1 is 1.24 bits per heavy atom. The average molecular weight is 472 g/mol. The molecule has 0 bridgehead atoms. The number of anilines is 1. The van der Waals surface area contributed by atoms with E-state index in [2.05, 4.69) is 28.3 Å². The first kappa shape index (κ1) is 22.3. The smallest absolute Gasteiger partial charge is 0.338 e. The Morgan fingerprint density at radius 3 is 2.65 bits per heavy atom. The molecule has 3 unspecified atom stereocenters. The van der Waals surface area contributed by atoms with Gasteiger partial charge in [0, 0.05) is 19.6 Å². The van der Waals surface area contributed by atoms with E-state index in [0.29, 0.717) is 44.3 Å². The second kappa shape index (κ2) is 8.39. The summed E-state index contributed by atoms with van der Waals surface area (Å²) in [5.41, 5.74) is -1.09. The highest BCUT2D eigenvalue weighted by Gasteiger charge is 2.53. The van der Waals surface area contributed by atoms with Crippen LogP contribution in [0, 0.1) is 0 Å². The van der Waals surface area contributed by atoms with Crippen molar-refractivity contribution in [1.82, 2.24) is 19.9 Å². The number of halogens is 3. The van der Waals surface area contributed by atoms with Crippen molar-refractivity contribution in [3.63, 3.8) is 0 Å². The van der Waals surface area contributed by atoms with Gasteiger partial charge in [0.2, 0.25) is 5.89 Å². The van der Waals surface area contributed by atoms with Gasteiger partial charge in [-0.2, -0.15) is 18.2 Å². The van der Waals surface area contributed by atoms with Gasteiger partial charge in [0.05, 0.1) is 41.8 Å². The highest BCUT2D eigenvalue weighted by Crippen LogP contribution is 2.46. The monoisotopic (exact) mass is 472 g/mol. The molecule has 0 spiro atoms. The SMILES string of the molecule is C=CCN(CC=C)Cc1nc(C2N=CN3c4cccc(C(F)(F)F)c4C(=O)N4CCC4C23)no1. The molecular weight excluding hydrogens is 449 g/mol. The Balaban J connectivity index is 1.49. The third-order valence-electron chi connectivity index (χ3n) is 6.44. The molecule has 2 aromatic rings. The fourth-order valence-corrected chi connectivity index (χ4v) is 4.89. The summed E-state index contributed by atoms with van der Waals surface area (Å²) in [6.07, 6.45) is 1.02. The quantitative estimate of drug-likeness (QED) is 0.575. The highest BCUT2D eigenvalue weighted by atomic mass is 19.4. The molecule has 0 aliphatic carbocycles. The Hall–Kier alpha value is -3.47. The van der Waals surface area contributed by atoms with Gasteiger partial charge in [0.15, 0.2) is 5.82 Å². The van der Waals surface area contributed by atoms with Gasteiger partial charge in [-0.05, 0) is 18.6 Å². The first-order chi connectivity index (χ1) is 16.3. The lowest BCUT2D eigenvalue weighted by molar-refractivity contribution is -0.138. The number of amides is 1. The number of carbonyl (C=O) groups is 1. The minimum absolute atomic E-state index is 0.192. The molecule has 0 saturated carbocycles. The lowest BCUT2D eigenvalue weighted by atomic mass is 9.90. The number of nitrogens with zero attached hydrogens (tertiary/aromatic N) is 6. The fourth-order valence-electron chi connectivity index (χ4n) is 4.89. The van der Waals surface area contributed by atoms with E-state index >= 15 is 0 Å². The van der Waals surface area contributed by atoms with Crippen molar-refractivity contribution in [2.45, 2.75) is 37.3 Å². The normalized spacial score (nSPS) is 23.3. The van der Waals surface area contributed by atoms with E-state index in [4.69, 9.17) is 4.52 Å². The summed E-state index contributed by atoms with van der Waals surface area (Å²) in [4.78, 5) is 27.4. The van der Waals surface area contributed by atoms with E-state index in [1.54, 1.807) is 17.1 Å². The van der Waals surface area contributed by atoms with E-state index in [-0.39, 0.29) is 17.3 Å². The zero-order chi connectivity index (χ0) is 24.0. The molecule has 0 radical (unpaired) electrons. The van der Waals surface area contributed by atoms with Crippen LogP contribution in [0.1, 0.15) is 40.1 Å². The number of aliphatic imine (C=N–C) groups is 1. The summed E-state index contributed by atoms with van der Waals surface area (Å²) < 4.78 is 46.7. The minimum atomic E-state index is -4.65. The number of aromatic nitrogens is 2. The van der Waals surface area contributed by atoms with Crippen molar-refractivity contribution in [2.24, 2.45) is 4.99 Å². The Kier molecular flexibility index (Phi) is 5.51. The van der Waals surface area contributed by atoms with Crippen LogP contribution in [0.25, 0.3) is 0 Å². The number of alkyl halides is 3. The standard InChI is InChI=1S/C23H23F3N6O2/c1-3-9-30(10-4-2)12-17-28-21(29-34-17)19-20-16-8-11-31(16)22(33)18-14(23(24,25)26)6-5-7-15(18)32(20)13-27-19/h3-7,13,16,19-20H,1-2,8-12H2. The molecule has 1 amide bonds. The van der Waals surface area contributed by atoms with Crippen molar-refractivity contribution < 1.29 is 22.5 Å². The maximum Gasteiger partial charge on any atom is 0.417 e. The third-order valence-corrected chi connectivity index (χ3v) is 6.44. The average Bonchev–Trinajstić information content (AvgIpc) is 3.38. The number of hydrogen-bond donors (Lipinski definition) is 0. The topological polar surface area (TPSA) is 78.1 Å². The maximum absolute atomic E-state index is 13.8. The molecule has 0 N–H and O–H groups in total. The largest absolute Gasteiger partial charge is 0.417 e. The summed E-state index contributed by atoms with van der Waals surface area (Å²) in [5, 5.41) is 4.12. The predicted molar refractivity (Wildman–Crippen MR) is 118 cm³/mol. The molecule has 1 aromatic heterocycles. The Morgan fingerprint density at radius 2 is 2.00 bits per heavy atom. The summed E-state index contributed by atoms with van der Waals surface area (Å²) in [6.45, 7) is 9.49. The lowest BCUT2D eigenvalue weighted by Crippen LogP contribution is -2.59. The second-order valence-corrected chi connectivity index (χ2v) is 8.48. The van der Waals surface area contributed by atoms with Crippen LogP contribution in [0.5, 0.6) is 0 Å². The molecule has 5 rings (SSSR count). The number of rotatable bonds is 7. The Labute approximate surface area is 194 Å². The van der Waals surface area contributed by atoms with Crippen LogP contribution in [-0.2, 0) is 12.7 Å². The molecule has 3 aliphatic rings. The van der Waals surface area contributed by atoms with Crippen LogP contribution >= 0.6 is 0 Å². The van der Waals surface area contributed by atoms with Crippen LogP contribution in [0.2, 0.25) is 0 Å². The van der Waals surface area contributed by atoms with Crippen molar-refractivity contribution >= 4 is 17.9 Å². The van der Waals surface area contributed by atoms with Crippen LogP contribution in [0.15, 0.2) is 53.0 Å². The molecule has 11 heteroatoms. The predicted octanol–water partition coefficient (Wildman–Crippen LogP) is 3.45. The molecule has 1 aromatic carbocycles. The summed E-state index contributed by atoms with van der Waals surface area (Å²) >= 11 is 0. The molecule has 4 heterocycles. The third kappa shape index (κ3) is 3.60. The molecule has 1 fully saturated rings. The van der Waals surface area contributed by atoms with Gasteiger partial charge in [0.25, 0.3) is 5.91 Å². The molecule has 34 heavy (non-hydrogen) atoms. The van der Waals surface area contributed by atoms with Gasteiger partial charge in [0.1, 0.15) is 6.04 Å². The number of hydrogen-bond acceptors (Lipinski definition) is 7. The van der Waals surface area contributed by atoms with Crippen LogP contribution < -0.4 is 4.90 Å². The minimum Gasteiger partial charge on any atom is -0.338 e. The fraction of sp³-hybridized carbons (Fsp3) is 0.391. The zero-order valence-corrected chi connectivity index (χ0v) is 18.3. The van der Waals surface area contributed by atoms with E-state index in [1.165, 1.54) is 23.4 Å². The summed E-state index contributed by atoms with van der Waals surface area (Å²) in [7, 11) is 0. The van der Waals surface area contributed by atoms with Gasteiger partial charge in [-0.1, -0.05) is 23.4 Å². The van der Waals surface area contributed by atoms with Crippen LogP contribution in [0.3, 0.4) is 0 Å². The molecule has 3 aliphatic heterocycles. The van der Waals surface area contributed by atoms with Gasteiger partial charge in [-0.15, -0.1) is 13.2 Å². The van der Waals surface area contributed by atoms with Gasteiger partial charge in [-0.25, -0.2) is 0 Å². The van der Waals surface area contributed by atoms with Gasteiger partial charge < -0.3 is 14.3 Å². The van der Waals surface area contributed by atoms with Crippen molar-refractivity contribution in [3.8, 4) is 0 Å². The van der Waals surface area contributed by atoms with E-state index in [9.17, 15) is 18.0 Å². The highest BCUT2D eigenvalue weighted by molar-refractivity contribution is 6.06. The van der Waals surface area contributed by atoms with Gasteiger partial charge in [-0.3, -0.25) is 14.7 Å². The zero-order valence-electron chi connectivity index (χ0n) is 18.3. The van der Waals surface area contributed by atoms with Crippen molar-refractivity contribution in [3.05, 3.63) is 66.4 Å². The van der Waals surface area contributed by atoms with E-state index in [1.807, 2.05) is 4.90 Å². The van der Waals surface area contributed by atoms with Gasteiger partial charge >= 0.3 is 6.18 Å². The van der Waals surface area contributed by atoms with Crippen LogP contribution in [0.4, 0.5) is 18.9 Å². The molecule has 3 atom stereocenters. The number of fused-ring (bicyclic) bond motifs is 5. The number of carbonyl (C=O) groups excluding carboxylic acids is 1. The first-order valence-corrected chi connectivity index (χ1v) is 10.9. The lowest BCUT2D eigenvalue weighted by Gasteiger charge is -2.45. The van der Waals surface area contributed by atoms with E-state index in [0.717, 1.165) is 6.07 Å². The van der Waals surface area contributed by atoms with Crippen molar-refractivity contribution in [1.29, 1.82) is 0 Å². The van der Waals surface area contributed by atoms with Crippen LogP contribution in [-0.4, -0.2) is 63.9 Å². The molecule has 8 nitrogen and oxygen atoms in total. The Bertz CT molecular complexity index is 1150. The first-order valence-electron chi connectivity index (χ1n) is 10.9. The van der Waals surface area contributed by atoms with E-state index < -0.39 is 29.7 Å². The molecular formula is C23H23F3N6O2. The maximum atomic E-state index is 13.8. The molecule has 178 valence electrons. The summed E-state index contributed by atoms with van der Waals surface area (Å²) in [6, 6.07) is 2.47. The molecule has 1 saturated heterocycles.